The molecule has 4 nitrogen and oxygen atoms in total. The van der Waals surface area contributed by atoms with E-state index in [-0.39, 0.29) is 11.0 Å². The number of hydrogen-bond acceptors (Lipinski definition) is 4. The van der Waals surface area contributed by atoms with Crippen molar-refractivity contribution < 1.29 is 19.1 Å². The Hall–Kier alpha value is -1.88. The second-order valence-electron chi connectivity index (χ2n) is 3.94. The Morgan fingerprint density at radius 1 is 1.26 bits per heavy atom. The van der Waals surface area contributed by atoms with Crippen LogP contribution in [0, 0.1) is 0 Å². The molecule has 0 saturated carbocycles. The number of hydrogen-bond donors (Lipinski definition) is 1. The molecule has 1 N–H and O–H groups in total. The van der Waals surface area contributed by atoms with Crippen molar-refractivity contribution in [2.75, 3.05) is 7.11 Å². The zero-order chi connectivity index (χ0) is 13.8. The molecule has 19 heavy (non-hydrogen) atoms. The lowest BCUT2D eigenvalue weighted by molar-refractivity contribution is 0.0660. The van der Waals surface area contributed by atoms with E-state index in [1.165, 1.54) is 6.07 Å². The number of aromatic carboxylic acids is 1. The van der Waals surface area contributed by atoms with E-state index in [0.717, 1.165) is 10.6 Å². The van der Waals surface area contributed by atoms with Crippen LogP contribution >= 0.6 is 11.8 Å². The molecule has 0 amide bonds. The molecule has 0 aliphatic heterocycles. The first-order valence-electron chi connectivity index (χ1n) is 5.74. The quantitative estimate of drug-likeness (QED) is 0.842. The lowest BCUT2D eigenvalue weighted by Crippen LogP contribution is -1.92. The summed E-state index contributed by atoms with van der Waals surface area (Å²) in [6.45, 7) is 1.97. The van der Waals surface area contributed by atoms with Crippen molar-refractivity contribution >= 4 is 17.7 Å². The van der Waals surface area contributed by atoms with Crippen molar-refractivity contribution in [2.24, 2.45) is 0 Å². The molecule has 0 spiro atoms. The lowest BCUT2D eigenvalue weighted by Gasteiger charge is -2.08. The van der Waals surface area contributed by atoms with Gasteiger partial charge in [-0.2, -0.15) is 0 Å². The van der Waals surface area contributed by atoms with E-state index < -0.39 is 5.97 Å². The van der Waals surface area contributed by atoms with Crippen LogP contribution in [0.15, 0.2) is 45.7 Å². The van der Waals surface area contributed by atoms with Gasteiger partial charge in [-0.15, -0.1) is 11.8 Å². The SMILES string of the molecule is COc1ccc(SC(C)c2ccc(C(=O)O)o2)cc1. The standard InChI is InChI=1S/C14H14O4S/c1-9(12-7-8-13(18-12)14(15)16)19-11-5-3-10(17-2)4-6-11/h3-9H,1-2H3,(H,15,16). The molecular weight excluding hydrogens is 264 g/mol. The van der Waals surface area contributed by atoms with Crippen LogP contribution in [-0.4, -0.2) is 18.2 Å². The molecule has 1 aromatic carbocycles. The van der Waals surface area contributed by atoms with Gasteiger partial charge < -0.3 is 14.3 Å². The van der Waals surface area contributed by atoms with Crippen LogP contribution in [-0.2, 0) is 0 Å². The van der Waals surface area contributed by atoms with Crippen LogP contribution in [0.1, 0.15) is 28.5 Å². The summed E-state index contributed by atoms with van der Waals surface area (Å²) in [5.41, 5.74) is 0. The van der Waals surface area contributed by atoms with E-state index in [0.29, 0.717) is 5.76 Å². The second kappa shape index (κ2) is 5.84. The summed E-state index contributed by atoms with van der Waals surface area (Å²) < 4.78 is 10.4. The predicted octanol–water partition coefficient (Wildman–Crippen LogP) is 3.84. The maximum Gasteiger partial charge on any atom is 0.371 e. The third kappa shape index (κ3) is 3.32. The summed E-state index contributed by atoms with van der Waals surface area (Å²) in [7, 11) is 1.63. The van der Waals surface area contributed by atoms with E-state index in [4.69, 9.17) is 14.3 Å². The van der Waals surface area contributed by atoms with Gasteiger partial charge in [-0.05, 0) is 43.3 Å². The Kier molecular flexibility index (Phi) is 4.16. The molecule has 0 aliphatic carbocycles. The van der Waals surface area contributed by atoms with Crippen LogP contribution < -0.4 is 4.74 Å². The fraction of sp³-hybridized carbons (Fsp3) is 0.214. The zero-order valence-electron chi connectivity index (χ0n) is 10.6. The Balaban J connectivity index is 2.06. The monoisotopic (exact) mass is 278 g/mol. The molecule has 1 atom stereocenters. The van der Waals surface area contributed by atoms with E-state index in [1.807, 2.05) is 31.2 Å². The minimum Gasteiger partial charge on any atom is -0.497 e. The largest absolute Gasteiger partial charge is 0.497 e. The number of methoxy groups -OCH3 is 1. The number of carbonyl (C=O) groups is 1. The smallest absolute Gasteiger partial charge is 0.371 e. The van der Waals surface area contributed by atoms with Crippen molar-refractivity contribution in [3.63, 3.8) is 0 Å². The molecule has 1 unspecified atom stereocenters. The van der Waals surface area contributed by atoms with E-state index in [2.05, 4.69) is 0 Å². The molecular formula is C14H14O4S. The van der Waals surface area contributed by atoms with Gasteiger partial charge in [0.15, 0.2) is 0 Å². The Bertz CT molecular complexity index is 559. The number of rotatable bonds is 5. The topological polar surface area (TPSA) is 59.7 Å². The predicted molar refractivity (Wildman–Crippen MR) is 72.9 cm³/mol. The van der Waals surface area contributed by atoms with Gasteiger partial charge in [0.05, 0.1) is 12.4 Å². The van der Waals surface area contributed by atoms with Crippen molar-refractivity contribution in [3.8, 4) is 5.75 Å². The highest BCUT2D eigenvalue weighted by atomic mass is 32.2. The van der Waals surface area contributed by atoms with E-state index in [1.54, 1.807) is 24.9 Å². The van der Waals surface area contributed by atoms with Crippen LogP contribution in [0.4, 0.5) is 0 Å². The molecule has 0 aliphatic rings. The molecule has 2 aromatic rings. The van der Waals surface area contributed by atoms with Crippen LogP contribution in [0.3, 0.4) is 0 Å². The van der Waals surface area contributed by atoms with Gasteiger partial charge in [-0.3, -0.25) is 0 Å². The number of furan rings is 1. The van der Waals surface area contributed by atoms with Crippen LogP contribution in [0.2, 0.25) is 0 Å². The van der Waals surface area contributed by atoms with Crippen LogP contribution in [0.5, 0.6) is 5.75 Å². The van der Waals surface area contributed by atoms with Crippen molar-refractivity contribution in [1.82, 2.24) is 0 Å². The highest BCUT2D eigenvalue weighted by Crippen LogP contribution is 2.36. The number of ether oxygens (including phenoxy) is 1. The van der Waals surface area contributed by atoms with Gasteiger partial charge in [0.25, 0.3) is 0 Å². The van der Waals surface area contributed by atoms with Gasteiger partial charge in [-0.25, -0.2) is 4.79 Å². The first-order chi connectivity index (χ1) is 9.10. The van der Waals surface area contributed by atoms with Crippen molar-refractivity contribution in [2.45, 2.75) is 17.1 Å². The summed E-state index contributed by atoms with van der Waals surface area (Å²) in [6, 6.07) is 10.9. The third-order valence-corrected chi connectivity index (χ3v) is 3.74. The average molecular weight is 278 g/mol. The fourth-order valence-electron chi connectivity index (χ4n) is 1.60. The van der Waals surface area contributed by atoms with E-state index in [9.17, 15) is 4.79 Å². The summed E-state index contributed by atoms with van der Waals surface area (Å²) in [5, 5.41) is 8.86. The highest BCUT2D eigenvalue weighted by Gasteiger charge is 2.15. The number of thioether (sulfide) groups is 1. The van der Waals surface area contributed by atoms with Gasteiger partial charge in [0.2, 0.25) is 5.76 Å². The highest BCUT2D eigenvalue weighted by molar-refractivity contribution is 7.99. The minimum absolute atomic E-state index is 0.0304. The summed E-state index contributed by atoms with van der Waals surface area (Å²) >= 11 is 1.60. The maximum absolute atomic E-state index is 10.8. The first kappa shape index (κ1) is 13.5. The molecule has 0 saturated heterocycles. The molecule has 1 heterocycles. The molecule has 0 fully saturated rings. The Morgan fingerprint density at radius 3 is 2.47 bits per heavy atom. The fourth-order valence-corrected chi connectivity index (χ4v) is 2.55. The molecule has 5 heteroatoms. The zero-order valence-corrected chi connectivity index (χ0v) is 11.4. The number of carboxylic acid groups (broad SMARTS) is 1. The Morgan fingerprint density at radius 2 is 1.95 bits per heavy atom. The molecule has 100 valence electrons. The first-order valence-corrected chi connectivity index (χ1v) is 6.62. The summed E-state index contributed by atoms with van der Waals surface area (Å²) in [5.74, 6) is 0.381. The normalized spacial score (nSPS) is 12.1. The molecule has 0 radical (unpaired) electrons. The third-order valence-electron chi connectivity index (χ3n) is 2.61. The van der Waals surface area contributed by atoms with Gasteiger partial charge in [-0.1, -0.05) is 0 Å². The summed E-state index contributed by atoms with van der Waals surface area (Å²) in [4.78, 5) is 11.8. The van der Waals surface area contributed by atoms with Gasteiger partial charge >= 0.3 is 5.97 Å². The molecule has 2 rings (SSSR count). The van der Waals surface area contributed by atoms with Crippen molar-refractivity contribution in [3.05, 3.63) is 47.9 Å². The van der Waals surface area contributed by atoms with Gasteiger partial charge in [0, 0.05) is 4.90 Å². The maximum atomic E-state index is 10.8. The Labute approximate surface area is 115 Å². The van der Waals surface area contributed by atoms with E-state index >= 15 is 0 Å². The molecule has 0 bridgehead atoms. The number of carboxylic acids is 1. The molecule has 1 aromatic heterocycles. The lowest BCUT2D eigenvalue weighted by atomic mass is 10.3. The minimum atomic E-state index is -1.05. The van der Waals surface area contributed by atoms with Gasteiger partial charge in [0.1, 0.15) is 11.5 Å². The summed E-state index contributed by atoms with van der Waals surface area (Å²) in [6.07, 6.45) is 0. The average Bonchev–Trinajstić information content (AvgIpc) is 2.89. The number of benzene rings is 1. The van der Waals surface area contributed by atoms with Crippen molar-refractivity contribution in [1.29, 1.82) is 0 Å². The van der Waals surface area contributed by atoms with Crippen LogP contribution in [0.25, 0.3) is 0 Å². The second-order valence-corrected chi connectivity index (χ2v) is 5.36.